The van der Waals surface area contributed by atoms with Gasteiger partial charge in [-0.2, -0.15) is 0 Å². The summed E-state index contributed by atoms with van der Waals surface area (Å²) in [6.07, 6.45) is 2.21. The first kappa shape index (κ1) is 13.0. The smallest absolute Gasteiger partial charge is 0.127 e. The molecule has 0 amide bonds. The van der Waals surface area contributed by atoms with Crippen LogP contribution in [0.1, 0.15) is 18.4 Å². The molecule has 1 fully saturated rings. The SMILES string of the molecule is Fc1cc(F)cc(C#CCOC2CCNCC2)c1. The average Bonchev–Trinajstić information content (AvgIpc) is 2.35. The lowest BCUT2D eigenvalue weighted by molar-refractivity contribution is 0.0548. The van der Waals surface area contributed by atoms with Gasteiger partial charge in [0.1, 0.15) is 18.2 Å². The van der Waals surface area contributed by atoms with Crippen molar-refractivity contribution in [2.45, 2.75) is 18.9 Å². The maximum atomic E-state index is 12.9. The van der Waals surface area contributed by atoms with Gasteiger partial charge < -0.3 is 10.1 Å². The van der Waals surface area contributed by atoms with E-state index in [-0.39, 0.29) is 6.10 Å². The first-order chi connectivity index (χ1) is 8.74. The normalized spacial score (nSPS) is 16.1. The van der Waals surface area contributed by atoms with E-state index < -0.39 is 11.6 Å². The predicted molar refractivity (Wildman–Crippen MR) is 65.1 cm³/mol. The van der Waals surface area contributed by atoms with Crippen LogP contribution < -0.4 is 5.32 Å². The maximum absolute atomic E-state index is 12.9. The van der Waals surface area contributed by atoms with Crippen molar-refractivity contribution < 1.29 is 13.5 Å². The number of benzene rings is 1. The molecule has 1 heterocycles. The summed E-state index contributed by atoms with van der Waals surface area (Å²) < 4.78 is 31.3. The first-order valence-electron chi connectivity index (χ1n) is 6.01. The third-order valence-electron chi connectivity index (χ3n) is 2.77. The fourth-order valence-electron chi connectivity index (χ4n) is 1.89. The van der Waals surface area contributed by atoms with E-state index in [1.54, 1.807) is 0 Å². The highest BCUT2D eigenvalue weighted by Crippen LogP contribution is 2.07. The number of piperidine rings is 1. The van der Waals surface area contributed by atoms with E-state index in [0.717, 1.165) is 32.0 Å². The molecule has 0 unspecified atom stereocenters. The minimum Gasteiger partial charge on any atom is -0.365 e. The third-order valence-corrected chi connectivity index (χ3v) is 2.77. The Morgan fingerprint density at radius 3 is 2.50 bits per heavy atom. The molecule has 96 valence electrons. The zero-order valence-corrected chi connectivity index (χ0v) is 10.0. The van der Waals surface area contributed by atoms with Crippen molar-refractivity contribution in [3.8, 4) is 11.8 Å². The number of nitrogens with one attached hydrogen (secondary N) is 1. The van der Waals surface area contributed by atoms with Gasteiger partial charge >= 0.3 is 0 Å². The maximum Gasteiger partial charge on any atom is 0.127 e. The van der Waals surface area contributed by atoms with Gasteiger partial charge in [0, 0.05) is 11.6 Å². The Kier molecular flexibility index (Phi) is 4.68. The van der Waals surface area contributed by atoms with E-state index >= 15 is 0 Å². The quantitative estimate of drug-likeness (QED) is 0.813. The first-order valence-corrected chi connectivity index (χ1v) is 6.01. The fourth-order valence-corrected chi connectivity index (χ4v) is 1.89. The molecule has 18 heavy (non-hydrogen) atoms. The molecular formula is C14H15F2NO. The van der Waals surface area contributed by atoms with Crippen LogP contribution in [0.15, 0.2) is 18.2 Å². The Hall–Kier alpha value is -1.44. The molecule has 0 atom stereocenters. The second-order valence-electron chi connectivity index (χ2n) is 4.22. The second kappa shape index (κ2) is 6.48. The third kappa shape index (κ3) is 4.10. The highest BCUT2D eigenvalue weighted by molar-refractivity contribution is 5.34. The van der Waals surface area contributed by atoms with Gasteiger partial charge in [-0.05, 0) is 38.1 Å². The Balaban J connectivity index is 1.84. The molecule has 0 aromatic heterocycles. The van der Waals surface area contributed by atoms with Gasteiger partial charge in [0.15, 0.2) is 0 Å². The van der Waals surface area contributed by atoms with Crippen LogP contribution in [0.25, 0.3) is 0 Å². The lowest BCUT2D eigenvalue weighted by atomic mass is 10.1. The molecule has 0 radical (unpaired) electrons. The van der Waals surface area contributed by atoms with Crippen LogP contribution in [0.2, 0.25) is 0 Å². The number of rotatable bonds is 2. The lowest BCUT2D eigenvalue weighted by Gasteiger charge is -2.21. The van der Waals surface area contributed by atoms with Gasteiger partial charge in [-0.15, -0.1) is 0 Å². The van der Waals surface area contributed by atoms with Gasteiger partial charge in [-0.3, -0.25) is 0 Å². The molecule has 4 heteroatoms. The van der Waals surface area contributed by atoms with Crippen molar-refractivity contribution in [2.24, 2.45) is 0 Å². The van der Waals surface area contributed by atoms with E-state index in [9.17, 15) is 8.78 Å². The highest BCUT2D eigenvalue weighted by atomic mass is 19.1. The van der Waals surface area contributed by atoms with Crippen LogP contribution in [-0.2, 0) is 4.74 Å². The molecule has 1 aromatic carbocycles. The summed E-state index contributed by atoms with van der Waals surface area (Å²) in [7, 11) is 0. The average molecular weight is 251 g/mol. The summed E-state index contributed by atoms with van der Waals surface area (Å²) in [5.74, 6) is 4.25. The standard InChI is InChI=1S/C14H15F2NO/c15-12-8-11(9-13(16)10-12)2-1-7-18-14-3-5-17-6-4-14/h8-10,14,17H,3-7H2. The van der Waals surface area contributed by atoms with Crippen LogP contribution in [-0.4, -0.2) is 25.8 Å². The molecule has 0 aliphatic carbocycles. The van der Waals surface area contributed by atoms with E-state index in [4.69, 9.17) is 4.74 Å². The van der Waals surface area contributed by atoms with E-state index in [0.29, 0.717) is 12.2 Å². The summed E-state index contributed by atoms with van der Waals surface area (Å²) in [6.45, 7) is 2.23. The summed E-state index contributed by atoms with van der Waals surface area (Å²) in [5.41, 5.74) is 0.335. The van der Waals surface area contributed by atoms with Gasteiger partial charge in [0.05, 0.1) is 6.10 Å². The zero-order valence-electron chi connectivity index (χ0n) is 10.0. The summed E-state index contributed by atoms with van der Waals surface area (Å²) in [6, 6.07) is 3.25. The number of ether oxygens (including phenoxy) is 1. The van der Waals surface area contributed by atoms with Crippen molar-refractivity contribution in [1.29, 1.82) is 0 Å². The lowest BCUT2D eigenvalue weighted by Crippen LogP contribution is -2.32. The summed E-state index contributed by atoms with van der Waals surface area (Å²) in [5, 5.41) is 3.24. The molecule has 0 spiro atoms. The molecule has 1 aromatic rings. The van der Waals surface area contributed by atoms with Crippen LogP contribution in [0.3, 0.4) is 0 Å². The van der Waals surface area contributed by atoms with Crippen molar-refractivity contribution in [3.63, 3.8) is 0 Å². The number of hydrogen-bond donors (Lipinski definition) is 1. The minimum absolute atomic E-state index is 0.241. The van der Waals surface area contributed by atoms with E-state index in [1.807, 2.05) is 0 Å². The van der Waals surface area contributed by atoms with Crippen LogP contribution in [0.5, 0.6) is 0 Å². The Bertz CT molecular complexity index is 438. The molecule has 0 bridgehead atoms. The highest BCUT2D eigenvalue weighted by Gasteiger charge is 2.11. The number of halogens is 2. The van der Waals surface area contributed by atoms with Gasteiger partial charge in [0.2, 0.25) is 0 Å². The Morgan fingerprint density at radius 1 is 1.17 bits per heavy atom. The van der Waals surface area contributed by atoms with E-state index in [1.165, 1.54) is 12.1 Å². The summed E-state index contributed by atoms with van der Waals surface area (Å²) >= 11 is 0. The molecule has 1 saturated heterocycles. The Morgan fingerprint density at radius 2 is 1.83 bits per heavy atom. The molecular weight excluding hydrogens is 236 g/mol. The molecule has 2 rings (SSSR count). The second-order valence-corrected chi connectivity index (χ2v) is 4.22. The van der Waals surface area contributed by atoms with Crippen LogP contribution in [0.4, 0.5) is 8.78 Å². The molecule has 1 aliphatic rings. The largest absolute Gasteiger partial charge is 0.365 e. The van der Waals surface area contributed by atoms with Crippen molar-refractivity contribution in [3.05, 3.63) is 35.4 Å². The van der Waals surface area contributed by atoms with E-state index in [2.05, 4.69) is 17.2 Å². The molecule has 0 saturated carbocycles. The molecule has 1 aliphatic heterocycles. The monoisotopic (exact) mass is 251 g/mol. The van der Waals surface area contributed by atoms with Gasteiger partial charge in [0.25, 0.3) is 0 Å². The van der Waals surface area contributed by atoms with Crippen molar-refractivity contribution in [2.75, 3.05) is 19.7 Å². The van der Waals surface area contributed by atoms with Gasteiger partial charge in [-0.25, -0.2) is 8.78 Å². The predicted octanol–water partition coefficient (Wildman–Crippen LogP) is 2.08. The van der Waals surface area contributed by atoms with Crippen molar-refractivity contribution >= 4 is 0 Å². The van der Waals surface area contributed by atoms with Crippen molar-refractivity contribution in [1.82, 2.24) is 5.32 Å². The molecule has 2 nitrogen and oxygen atoms in total. The fraction of sp³-hybridized carbons (Fsp3) is 0.429. The van der Waals surface area contributed by atoms with Crippen LogP contribution in [0, 0.1) is 23.5 Å². The topological polar surface area (TPSA) is 21.3 Å². The van der Waals surface area contributed by atoms with Crippen LogP contribution >= 0.6 is 0 Å². The zero-order chi connectivity index (χ0) is 12.8. The minimum atomic E-state index is -0.612. The summed E-state index contributed by atoms with van der Waals surface area (Å²) in [4.78, 5) is 0. The number of hydrogen-bond acceptors (Lipinski definition) is 2. The Labute approximate surface area is 105 Å². The molecule has 1 N–H and O–H groups in total. The van der Waals surface area contributed by atoms with Gasteiger partial charge in [-0.1, -0.05) is 11.8 Å².